The predicted octanol–water partition coefficient (Wildman–Crippen LogP) is 8.19. The molecule has 1 unspecified atom stereocenters. The minimum Gasteiger partial charge on any atom is -0.497 e. The third-order valence-electron chi connectivity index (χ3n) is 9.87. The van der Waals surface area contributed by atoms with Gasteiger partial charge >= 0.3 is 7.60 Å². The Balaban J connectivity index is 1.11. The van der Waals surface area contributed by atoms with Gasteiger partial charge in [0.15, 0.2) is 0 Å². The Morgan fingerprint density at radius 2 is 1.50 bits per heavy atom. The number of thioether (sulfide) groups is 1. The molecule has 2 N–H and O–H groups in total. The van der Waals surface area contributed by atoms with Crippen LogP contribution in [0.4, 0.5) is 5.69 Å². The quantitative estimate of drug-likeness (QED) is 0.0838. The number of nitrogens with one attached hydrogen (secondary N) is 1. The molecular weight excluding hydrogens is 744 g/mol. The third-order valence-corrected chi connectivity index (χ3v) is 12.7. The van der Waals surface area contributed by atoms with Crippen LogP contribution in [0.5, 0.6) is 5.75 Å². The molecule has 7 rings (SSSR count). The molecule has 9 nitrogen and oxygen atoms in total. The molecule has 1 aliphatic heterocycles. The first-order chi connectivity index (χ1) is 27.2. The molecule has 1 heterocycles. The number of hydrogen-bond acceptors (Lipinski definition) is 7. The van der Waals surface area contributed by atoms with Crippen LogP contribution in [0.3, 0.4) is 0 Å². The van der Waals surface area contributed by atoms with Gasteiger partial charge in [-0.15, -0.1) is 11.8 Å². The number of ketones is 1. The zero-order valence-corrected chi connectivity index (χ0v) is 32.5. The summed E-state index contributed by atoms with van der Waals surface area (Å²) in [5, 5.41) is 4.66. The Kier molecular flexibility index (Phi) is 12.1. The highest BCUT2D eigenvalue weighted by atomic mass is 32.2. The molecule has 3 atom stereocenters. The van der Waals surface area contributed by atoms with E-state index in [1.165, 1.54) is 28.8 Å². The van der Waals surface area contributed by atoms with Crippen LogP contribution in [-0.4, -0.2) is 36.1 Å². The van der Waals surface area contributed by atoms with Gasteiger partial charge < -0.3 is 24.4 Å². The number of benzene rings is 6. The number of aryl methyl sites for hydroxylation is 1. The summed E-state index contributed by atoms with van der Waals surface area (Å²) in [6.07, 6.45) is 0.323. The average Bonchev–Trinajstić information content (AvgIpc) is 3.35. The van der Waals surface area contributed by atoms with Crippen molar-refractivity contribution in [3.63, 3.8) is 0 Å². The highest BCUT2D eigenvalue weighted by molar-refractivity contribution is 7.99. The lowest BCUT2D eigenvalue weighted by atomic mass is 9.89. The summed E-state index contributed by atoms with van der Waals surface area (Å²) in [6, 6.07) is 44.3. The molecule has 56 heavy (non-hydrogen) atoms. The summed E-state index contributed by atoms with van der Waals surface area (Å²) in [6.45, 7) is -0.00511. The SMILES string of the molecule is COc1ccc([C@H]2Sc3ccccc3N(CC(=O)NCc3cccc4ccccc34)C(=O)[C@@H]2C(=O)CCc2ccc(P(=O)(O)OCc3ccccc3)cc2)cc1. The van der Waals surface area contributed by atoms with Crippen molar-refractivity contribution in [3.8, 4) is 5.75 Å². The second-order valence-corrected chi connectivity index (χ2v) is 16.5. The van der Waals surface area contributed by atoms with E-state index in [-0.39, 0.29) is 43.1 Å². The number of Topliss-reactive ketones (excluding diaryl/α,β-unsaturated/α-hetero) is 1. The van der Waals surface area contributed by atoms with E-state index in [4.69, 9.17) is 9.26 Å². The maximum atomic E-state index is 14.8. The number of carbonyl (C=O) groups excluding carboxylic acids is 3. The van der Waals surface area contributed by atoms with Crippen LogP contribution in [0, 0.1) is 5.92 Å². The van der Waals surface area contributed by atoms with E-state index in [0.29, 0.717) is 17.9 Å². The van der Waals surface area contributed by atoms with E-state index in [9.17, 15) is 23.8 Å². The summed E-state index contributed by atoms with van der Waals surface area (Å²) in [7, 11) is -2.52. The second-order valence-electron chi connectivity index (χ2n) is 13.5. The summed E-state index contributed by atoms with van der Waals surface area (Å²) in [5.74, 6) is -1.56. The lowest BCUT2D eigenvalue weighted by molar-refractivity contribution is -0.133. The summed E-state index contributed by atoms with van der Waals surface area (Å²) >= 11 is 1.43. The van der Waals surface area contributed by atoms with Crippen LogP contribution in [0.15, 0.2) is 150 Å². The van der Waals surface area contributed by atoms with Crippen molar-refractivity contribution in [2.24, 2.45) is 5.92 Å². The van der Waals surface area contributed by atoms with Crippen LogP contribution in [-0.2, 0) is 43.0 Å². The van der Waals surface area contributed by atoms with Crippen LogP contribution in [0.25, 0.3) is 10.8 Å². The van der Waals surface area contributed by atoms with Gasteiger partial charge in [-0.2, -0.15) is 0 Å². The maximum Gasteiger partial charge on any atom is 0.359 e. The molecule has 0 bridgehead atoms. The first kappa shape index (κ1) is 38.8. The molecule has 1 aliphatic rings. The summed E-state index contributed by atoms with van der Waals surface area (Å²) in [4.78, 5) is 55.7. The molecule has 0 radical (unpaired) electrons. The lowest BCUT2D eigenvalue weighted by Gasteiger charge is -2.27. The highest BCUT2D eigenvalue weighted by Gasteiger charge is 2.43. The van der Waals surface area contributed by atoms with Gasteiger partial charge in [-0.05, 0) is 75.8 Å². The molecular formula is C45H41N2O7PS. The van der Waals surface area contributed by atoms with Crippen molar-refractivity contribution in [1.29, 1.82) is 0 Å². The van der Waals surface area contributed by atoms with Crippen molar-refractivity contribution in [3.05, 3.63) is 168 Å². The normalized spacial score (nSPS) is 16.4. The van der Waals surface area contributed by atoms with Crippen LogP contribution in [0.2, 0.25) is 0 Å². The van der Waals surface area contributed by atoms with E-state index < -0.39 is 24.7 Å². The Morgan fingerprint density at radius 3 is 2.27 bits per heavy atom. The van der Waals surface area contributed by atoms with Gasteiger partial charge in [0.05, 0.1) is 30.0 Å². The average molecular weight is 785 g/mol. The first-order valence-electron chi connectivity index (χ1n) is 18.3. The van der Waals surface area contributed by atoms with Gasteiger partial charge in [-0.3, -0.25) is 18.9 Å². The number of para-hydroxylation sites is 1. The second kappa shape index (κ2) is 17.5. The standard InChI is InChI=1S/C45H41N2O7PS/c1-53-36-23-21-34(22-24-36)44-43(40(48)27-20-31-18-25-37(26-19-31)55(51,52)54-30-32-10-3-2-4-11-32)45(50)47(39-16-7-8-17-41(39)56-44)29-42(49)46-28-35-14-9-13-33-12-5-6-15-38(33)35/h2-19,21-26,43-44H,20,27-30H2,1H3,(H,46,49)(H,51,52)/t43-,44-/m1/s1. The lowest BCUT2D eigenvalue weighted by Crippen LogP contribution is -2.45. The monoisotopic (exact) mass is 784 g/mol. The molecule has 11 heteroatoms. The van der Waals surface area contributed by atoms with E-state index in [2.05, 4.69) is 5.32 Å². The Morgan fingerprint density at radius 1 is 0.804 bits per heavy atom. The van der Waals surface area contributed by atoms with E-state index in [1.54, 1.807) is 25.3 Å². The minimum atomic E-state index is -4.09. The van der Waals surface area contributed by atoms with Gasteiger partial charge in [-0.25, -0.2) is 0 Å². The molecule has 2 amide bonds. The number of anilines is 1. The topological polar surface area (TPSA) is 122 Å². The van der Waals surface area contributed by atoms with Gasteiger partial charge in [0, 0.05) is 17.9 Å². The van der Waals surface area contributed by atoms with E-state index in [1.807, 2.05) is 115 Å². The molecule has 0 saturated heterocycles. The van der Waals surface area contributed by atoms with E-state index in [0.717, 1.165) is 37.9 Å². The Bertz CT molecular complexity index is 2380. The largest absolute Gasteiger partial charge is 0.497 e. The summed E-state index contributed by atoms with van der Waals surface area (Å²) < 4.78 is 23.8. The zero-order valence-electron chi connectivity index (χ0n) is 30.7. The molecule has 0 aromatic heterocycles. The number of amides is 2. The van der Waals surface area contributed by atoms with Gasteiger partial charge in [-0.1, -0.05) is 109 Å². The fourth-order valence-electron chi connectivity index (χ4n) is 6.85. The number of ether oxygens (including phenoxy) is 1. The molecule has 6 aromatic rings. The fourth-order valence-corrected chi connectivity index (χ4v) is 9.28. The molecule has 0 saturated carbocycles. The fraction of sp³-hybridized carbons (Fsp3) is 0.178. The van der Waals surface area contributed by atoms with Crippen molar-refractivity contribution in [2.75, 3.05) is 18.6 Å². The van der Waals surface area contributed by atoms with Crippen molar-refractivity contribution in [1.82, 2.24) is 5.32 Å². The molecule has 0 fully saturated rings. The third kappa shape index (κ3) is 8.96. The first-order valence-corrected chi connectivity index (χ1v) is 20.7. The van der Waals surface area contributed by atoms with Gasteiger partial charge in [0.2, 0.25) is 11.8 Å². The number of rotatable bonds is 14. The van der Waals surface area contributed by atoms with Gasteiger partial charge in [0.25, 0.3) is 0 Å². The molecule has 284 valence electrons. The van der Waals surface area contributed by atoms with Crippen LogP contribution < -0.4 is 20.3 Å². The predicted molar refractivity (Wildman–Crippen MR) is 220 cm³/mol. The van der Waals surface area contributed by atoms with Crippen molar-refractivity contribution < 1.29 is 33.1 Å². The minimum absolute atomic E-state index is 0.0135. The number of hydrogen-bond donors (Lipinski definition) is 2. The Hall–Kier alpha value is -5.51. The number of methoxy groups -OCH3 is 1. The van der Waals surface area contributed by atoms with Crippen molar-refractivity contribution >= 4 is 58.7 Å². The van der Waals surface area contributed by atoms with E-state index >= 15 is 0 Å². The Labute approximate surface area is 330 Å². The van der Waals surface area contributed by atoms with Crippen LogP contribution in [0.1, 0.15) is 33.9 Å². The maximum absolute atomic E-state index is 14.8. The number of carbonyl (C=O) groups is 3. The molecule has 0 aliphatic carbocycles. The number of fused-ring (bicyclic) bond motifs is 2. The molecule has 0 spiro atoms. The summed E-state index contributed by atoms with van der Waals surface area (Å²) in [5.41, 5.74) is 3.83. The highest BCUT2D eigenvalue weighted by Crippen LogP contribution is 2.49. The van der Waals surface area contributed by atoms with Crippen molar-refractivity contribution in [2.45, 2.75) is 36.1 Å². The molecule has 6 aromatic carbocycles. The van der Waals surface area contributed by atoms with Gasteiger partial charge in [0.1, 0.15) is 24.0 Å². The zero-order chi connectivity index (χ0) is 39.1. The van der Waals surface area contributed by atoms with Crippen LogP contribution >= 0.6 is 19.4 Å². The smallest absolute Gasteiger partial charge is 0.359 e. The number of nitrogens with zero attached hydrogens (tertiary/aromatic N) is 1.